The molecule has 0 spiro atoms. The van der Waals surface area contributed by atoms with Crippen molar-refractivity contribution in [3.05, 3.63) is 104 Å². The van der Waals surface area contributed by atoms with Crippen molar-refractivity contribution < 1.29 is 14.3 Å². The molecule has 0 unspecified atom stereocenters. The van der Waals surface area contributed by atoms with Crippen LogP contribution in [0.3, 0.4) is 0 Å². The number of nitrogens with one attached hydrogen (secondary N) is 1. The predicted molar refractivity (Wildman–Crippen MR) is 119 cm³/mol. The average molecular weight is 432 g/mol. The highest BCUT2D eigenvalue weighted by Gasteiger charge is 2.37. The minimum atomic E-state index is -0.809. The topological polar surface area (TPSA) is 98.2 Å². The van der Waals surface area contributed by atoms with Crippen molar-refractivity contribution >= 4 is 11.9 Å². The second kappa shape index (κ2) is 9.18. The van der Waals surface area contributed by atoms with E-state index >= 15 is 0 Å². The van der Waals surface area contributed by atoms with Crippen LogP contribution < -0.4 is 11.2 Å². The lowest BCUT2D eigenvalue weighted by Gasteiger charge is -2.36. The summed E-state index contributed by atoms with van der Waals surface area (Å²) in [6.07, 6.45) is 4.29. The van der Waals surface area contributed by atoms with E-state index in [9.17, 15) is 19.2 Å². The van der Waals surface area contributed by atoms with Crippen LogP contribution in [0.2, 0.25) is 0 Å². The third-order valence-corrected chi connectivity index (χ3v) is 5.81. The quantitative estimate of drug-likeness (QED) is 0.624. The Bertz CT molecular complexity index is 1190. The molecule has 0 aliphatic heterocycles. The monoisotopic (exact) mass is 432 g/mol. The summed E-state index contributed by atoms with van der Waals surface area (Å²) in [5.41, 5.74) is -1.28. The Morgan fingerprint density at radius 3 is 2.06 bits per heavy atom. The van der Waals surface area contributed by atoms with E-state index in [2.05, 4.69) is 4.98 Å². The summed E-state index contributed by atoms with van der Waals surface area (Å²) in [6.45, 7) is 0. The molecule has 1 aliphatic carbocycles. The molecule has 1 heterocycles. The Morgan fingerprint density at radius 1 is 0.875 bits per heavy atom. The zero-order valence-corrected chi connectivity index (χ0v) is 17.6. The van der Waals surface area contributed by atoms with Gasteiger partial charge in [-0.05, 0) is 49.9 Å². The number of carbonyl (C=O) groups excluding carboxylic acids is 2. The number of hydrogen-bond acceptors (Lipinski definition) is 5. The van der Waals surface area contributed by atoms with Gasteiger partial charge in [0.15, 0.2) is 0 Å². The first kappa shape index (κ1) is 21.5. The number of H-pyrrole nitrogens is 1. The molecule has 4 rings (SSSR count). The molecule has 0 amide bonds. The van der Waals surface area contributed by atoms with E-state index in [0.29, 0.717) is 28.7 Å². The van der Waals surface area contributed by atoms with Gasteiger partial charge in [0.2, 0.25) is 0 Å². The van der Waals surface area contributed by atoms with E-state index in [-0.39, 0.29) is 12.0 Å². The third kappa shape index (κ3) is 4.61. The number of aromatic nitrogens is 2. The van der Waals surface area contributed by atoms with E-state index in [1.165, 1.54) is 6.07 Å². The number of esters is 1. The largest absolute Gasteiger partial charge is 0.455 e. The second-order valence-electron chi connectivity index (χ2n) is 8.12. The maximum atomic E-state index is 12.7. The smallest absolute Gasteiger partial charge is 0.338 e. The van der Waals surface area contributed by atoms with E-state index in [4.69, 9.17) is 4.74 Å². The Labute approximate surface area is 184 Å². The summed E-state index contributed by atoms with van der Waals surface area (Å²) < 4.78 is 6.54. The van der Waals surface area contributed by atoms with Gasteiger partial charge >= 0.3 is 11.7 Å². The molecule has 0 radical (unpaired) electrons. The maximum Gasteiger partial charge on any atom is 0.338 e. The van der Waals surface area contributed by atoms with Gasteiger partial charge < -0.3 is 9.72 Å². The van der Waals surface area contributed by atoms with Gasteiger partial charge in [-0.25, -0.2) is 9.59 Å². The van der Waals surface area contributed by atoms with Crippen LogP contribution in [0.5, 0.6) is 0 Å². The lowest BCUT2D eigenvalue weighted by atomic mass is 9.81. The third-order valence-electron chi connectivity index (χ3n) is 5.81. The normalized spacial score (nSPS) is 15.1. The molecular formula is C25H24N2O5. The number of nitrogens with zero attached hydrogens (tertiary/aromatic N) is 1. The lowest BCUT2D eigenvalue weighted by Crippen LogP contribution is -2.43. The standard InChI is InChI=1S/C25H24N2O5/c28-21-16-20(26-24(31)27(21)22(29)18-10-4-1-5-11-18)17-25(14-8-3-9-15-25)32-23(30)19-12-6-2-7-13-19/h1-2,4-7,10-13,16H,3,8-9,14-15,17H2,(H,26,31). The summed E-state index contributed by atoms with van der Waals surface area (Å²) in [5.74, 6) is -1.12. The number of benzene rings is 2. The molecule has 2 aromatic carbocycles. The minimum Gasteiger partial charge on any atom is -0.455 e. The Hall–Kier alpha value is -3.74. The van der Waals surface area contributed by atoms with Crippen LogP contribution in [0, 0.1) is 0 Å². The summed E-state index contributed by atoms with van der Waals surface area (Å²) in [6, 6.07) is 18.1. The number of carbonyl (C=O) groups is 2. The molecule has 0 saturated heterocycles. The first-order chi connectivity index (χ1) is 15.5. The molecule has 7 heteroatoms. The van der Waals surface area contributed by atoms with Crippen LogP contribution in [-0.2, 0) is 11.2 Å². The molecular weight excluding hydrogens is 408 g/mol. The second-order valence-corrected chi connectivity index (χ2v) is 8.12. The van der Waals surface area contributed by atoms with Crippen LogP contribution in [-0.4, -0.2) is 27.0 Å². The highest BCUT2D eigenvalue weighted by molar-refractivity contribution is 5.95. The van der Waals surface area contributed by atoms with Gasteiger partial charge in [-0.3, -0.25) is 9.59 Å². The summed E-state index contributed by atoms with van der Waals surface area (Å²) in [5, 5.41) is 0. The molecule has 0 bridgehead atoms. The van der Waals surface area contributed by atoms with Gasteiger partial charge in [-0.15, -0.1) is 0 Å². The number of ether oxygens (including phenoxy) is 1. The van der Waals surface area contributed by atoms with Crippen molar-refractivity contribution in [1.29, 1.82) is 0 Å². The maximum absolute atomic E-state index is 12.7. The van der Waals surface area contributed by atoms with E-state index < -0.39 is 28.7 Å². The lowest BCUT2D eigenvalue weighted by molar-refractivity contribution is -0.0379. The van der Waals surface area contributed by atoms with E-state index in [0.717, 1.165) is 19.3 Å². The molecule has 3 aromatic rings. The van der Waals surface area contributed by atoms with Crippen LogP contribution in [0.4, 0.5) is 0 Å². The van der Waals surface area contributed by atoms with Crippen molar-refractivity contribution in [2.24, 2.45) is 0 Å². The summed E-state index contributed by atoms with van der Waals surface area (Å²) >= 11 is 0. The summed E-state index contributed by atoms with van der Waals surface area (Å²) in [7, 11) is 0. The highest BCUT2D eigenvalue weighted by atomic mass is 16.6. The Kier molecular flexibility index (Phi) is 6.16. The van der Waals surface area contributed by atoms with Crippen molar-refractivity contribution in [2.75, 3.05) is 0 Å². The predicted octanol–water partition coefficient (Wildman–Crippen LogP) is 3.33. The molecule has 1 N–H and O–H groups in total. The van der Waals surface area contributed by atoms with Gasteiger partial charge in [0.1, 0.15) is 5.60 Å². The SMILES string of the molecule is O=C(OC1(Cc2cc(=O)n(C(=O)c3ccccc3)c(=O)[nH]2)CCCCC1)c1ccccc1. The molecule has 0 atom stereocenters. The Balaban J connectivity index is 1.62. The first-order valence-electron chi connectivity index (χ1n) is 10.7. The van der Waals surface area contributed by atoms with Gasteiger partial charge in [-0.1, -0.05) is 42.8 Å². The van der Waals surface area contributed by atoms with Crippen LogP contribution in [0.25, 0.3) is 0 Å². The molecule has 7 nitrogen and oxygen atoms in total. The van der Waals surface area contributed by atoms with Crippen LogP contribution >= 0.6 is 0 Å². The molecule has 1 aliphatic rings. The van der Waals surface area contributed by atoms with Crippen molar-refractivity contribution in [2.45, 2.75) is 44.1 Å². The Morgan fingerprint density at radius 2 is 1.47 bits per heavy atom. The average Bonchev–Trinajstić information content (AvgIpc) is 2.80. The van der Waals surface area contributed by atoms with Gasteiger partial charge in [0, 0.05) is 23.7 Å². The van der Waals surface area contributed by atoms with E-state index in [1.54, 1.807) is 54.6 Å². The van der Waals surface area contributed by atoms with Crippen molar-refractivity contribution in [3.63, 3.8) is 0 Å². The van der Waals surface area contributed by atoms with E-state index in [1.807, 2.05) is 6.07 Å². The van der Waals surface area contributed by atoms with Crippen molar-refractivity contribution in [1.82, 2.24) is 9.55 Å². The zero-order chi connectivity index (χ0) is 22.6. The molecule has 164 valence electrons. The van der Waals surface area contributed by atoms with Gasteiger partial charge in [0.25, 0.3) is 11.5 Å². The fraction of sp³-hybridized carbons (Fsp3) is 0.280. The zero-order valence-electron chi connectivity index (χ0n) is 17.6. The van der Waals surface area contributed by atoms with Crippen LogP contribution in [0.15, 0.2) is 76.3 Å². The summed E-state index contributed by atoms with van der Waals surface area (Å²) in [4.78, 5) is 53.3. The minimum absolute atomic E-state index is 0.205. The molecule has 1 saturated carbocycles. The molecule has 1 aromatic heterocycles. The fourth-order valence-corrected chi connectivity index (χ4v) is 4.23. The highest BCUT2D eigenvalue weighted by Crippen LogP contribution is 2.35. The molecule has 1 fully saturated rings. The first-order valence-corrected chi connectivity index (χ1v) is 10.7. The number of hydrogen-bond donors (Lipinski definition) is 1. The number of rotatable bonds is 5. The number of aromatic amines is 1. The fourth-order valence-electron chi connectivity index (χ4n) is 4.23. The van der Waals surface area contributed by atoms with Gasteiger partial charge in [0.05, 0.1) is 5.56 Å². The van der Waals surface area contributed by atoms with Crippen LogP contribution in [0.1, 0.15) is 58.5 Å². The molecule has 32 heavy (non-hydrogen) atoms. The van der Waals surface area contributed by atoms with Crippen molar-refractivity contribution in [3.8, 4) is 0 Å². The van der Waals surface area contributed by atoms with Gasteiger partial charge in [-0.2, -0.15) is 4.57 Å².